The van der Waals surface area contributed by atoms with Crippen LogP contribution >= 0.6 is 0 Å². The standard InChI is InChI=1S/C27H23F3N4O6/c1-26(2,3)25(37)32-20-9-7-16(8-10-20)23(35)33-31-15-18-14-21(34(38)39)11-12-22(18)40-24(36)17-5-4-6-19(13-17)27(28,29)30/h4-15H,1-3H3,(H,32,37)(H,33,35)/b31-15+. The summed E-state index contributed by atoms with van der Waals surface area (Å²) >= 11 is 0. The molecule has 0 aliphatic carbocycles. The minimum absolute atomic E-state index is 0.102. The number of nitrogens with zero attached hydrogens (tertiary/aromatic N) is 2. The summed E-state index contributed by atoms with van der Waals surface area (Å²) in [6, 6.07) is 12.6. The van der Waals surface area contributed by atoms with Gasteiger partial charge in [-0.05, 0) is 48.5 Å². The molecular formula is C27H23F3N4O6. The molecule has 0 atom stereocenters. The van der Waals surface area contributed by atoms with Crippen LogP contribution in [-0.4, -0.2) is 28.9 Å². The van der Waals surface area contributed by atoms with E-state index >= 15 is 0 Å². The molecule has 0 aliphatic rings. The van der Waals surface area contributed by atoms with Crippen molar-refractivity contribution < 1.29 is 37.2 Å². The minimum atomic E-state index is -4.68. The van der Waals surface area contributed by atoms with E-state index in [1.807, 2.05) is 0 Å². The van der Waals surface area contributed by atoms with Crippen molar-refractivity contribution in [2.24, 2.45) is 10.5 Å². The maximum Gasteiger partial charge on any atom is 0.416 e. The summed E-state index contributed by atoms with van der Waals surface area (Å²) in [6.45, 7) is 5.25. The predicted octanol–water partition coefficient (Wildman–Crippen LogP) is 5.58. The van der Waals surface area contributed by atoms with Crippen molar-refractivity contribution >= 4 is 35.4 Å². The van der Waals surface area contributed by atoms with E-state index in [1.54, 1.807) is 20.8 Å². The van der Waals surface area contributed by atoms with Gasteiger partial charge in [-0.15, -0.1) is 0 Å². The van der Waals surface area contributed by atoms with Crippen LogP contribution in [0.2, 0.25) is 0 Å². The number of hydrazone groups is 1. The van der Waals surface area contributed by atoms with Crippen LogP contribution in [0.3, 0.4) is 0 Å². The van der Waals surface area contributed by atoms with Crippen LogP contribution in [0.15, 0.2) is 71.8 Å². The molecule has 0 heterocycles. The minimum Gasteiger partial charge on any atom is -0.422 e. The third-order valence-electron chi connectivity index (χ3n) is 5.29. The van der Waals surface area contributed by atoms with Gasteiger partial charge in [0.1, 0.15) is 5.75 Å². The van der Waals surface area contributed by atoms with E-state index in [1.165, 1.54) is 24.3 Å². The van der Waals surface area contributed by atoms with Gasteiger partial charge in [-0.2, -0.15) is 18.3 Å². The fourth-order valence-electron chi connectivity index (χ4n) is 3.07. The number of anilines is 1. The zero-order chi connectivity index (χ0) is 29.7. The molecule has 3 rings (SSSR count). The number of nitrogens with one attached hydrogen (secondary N) is 2. The predicted molar refractivity (Wildman–Crippen MR) is 139 cm³/mol. The Morgan fingerprint density at radius 2 is 1.62 bits per heavy atom. The number of nitro benzene ring substituents is 1. The van der Waals surface area contributed by atoms with E-state index in [-0.39, 0.29) is 28.5 Å². The second-order valence-corrected chi connectivity index (χ2v) is 9.43. The second-order valence-electron chi connectivity index (χ2n) is 9.43. The molecule has 0 unspecified atom stereocenters. The van der Waals surface area contributed by atoms with Gasteiger partial charge in [0.25, 0.3) is 11.6 Å². The summed E-state index contributed by atoms with van der Waals surface area (Å²) in [5.74, 6) is -2.25. The molecule has 208 valence electrons. The van der Waals surface area contributed by atoms with Gasteiger partial charge in [0.2, 0.25) is 5.91 Å². The average Bonchev–Trinajstić information content (AvgIpc) is 2.88. The van der Waals surface area contributed by atoms with Gasteiger partial charge in [-0.1, -0.05) is 26.8 Å². The number of carbonyl (C=O) groups is 3. The maximum atomic E-state index is 13.0. The number of benzene rings is 3. The number of carbonyl (C=O) groups excluding carboxylic acids is 3. The Morgan fingerprint density at radius 1 is 0.950 bits per heavy atom. The summed E-state index contributed by atoms with van der Waals surface area (Å²) in [5, 5.41) is 17.7. The first-order valence-corrected chi connectivity index (χ1v) is 11.6. The number of hydrogen-bond donors (Lipinski definition) is 2. The lowest BCUT2D eigenvalue weighted by atomic mass is 9.95. The largest absolute Gasteiger partial charge is 0.422 e. The molecule has 0 aromatic heterocycles. The maximum absolute atomic E-state index is 13.0. The van der Waals surface area contributed by atoms with E-state index in [4.69, 9.17) is 4.74 Å². The summed E-state index contributed by atoms with van der Waals surface area (Å²) in [7, 11) is 0. The van der Waals surface area contributed by atoms with Crippen LogP contribution in [0.4, 0.5) is 24.5 Å². The Kier molecular flexibility index (Phi) is 8.67. The second kappa shape index (κ2) is 11.8. The van der Waals surface area contributed by atoms with Gasteiger partial charge >= 0.3 is 12.1 Å². The molecule has 0 fully saturated rings. The molecule has 0 radical (unpaired) electrons. The average molecular weight is 556 g/mol. The van der Waals surface area contributed by atoms with Crippen molar-refractivity contribution in [1.82, 2.24) is 5.43 Å². The zero-order valence-electron chi connectivity index (χ0n) is 21.4. The molecule has 13 heteroatoms. The third kappa shape index (κ3) is 7.72. The molecule has 0 aliphatic heterocycles. The molecule has 40 heavy (non-hydrogen) atoms. The van der Waals surface area contributed by atoms with Crippen molar-refractivity contribution in [2.45, 2.75) is 26.9 Å². The van der Waals surface area contributed by atoms with Crippen molar-refractivity contribution in [3.63, 3.8) is 0 Å². The van der Waals surface area contributed by atoms with Gasteiger partial charge in [-0.3, -0.25) is 19.7 Å². The Morgan fingerprint density at radius 3 is 2.23 bits per heavy atom. The first-order valence-electron chi connectivity index (χ1n) is 11.6. The van der Waals surface area contributed by atoms with E-state index in [0.717, 1.165) is 42.6 Å². The third-order valence-corrected chi connectivity index (χ3v) is 5.29. The van der Waals surface area contributed by atoms with E-state index in [2.05, 4.69) is 15.8 Å². The van der Waals surface area contributed by atoms with Crippen LogP contribution < -0.4 is 15.5 Å². The Hall–Kier alpha value is -5.07. The van der Waals surface area contributed by atoms with Crippen molar-refractivity contribution in [1.29, 1.82) is 0 Å². The number of nitro groups is 1. The summed E-state index contributed by atoms with van der Waals surface area (Å²) in [5.41, 5.74) is 0.325. The van der Waals surface area contributed by atoms with Crippen molar-refractivity contribution in [3.05, 3.63) is 99.1 Å². The van der Waals surface area contributed by atoms with Crippen molar-refractivity contribution in [3.8, 4) is 5.75 Å². The first kappa shape index (κ1) is 29.5. The van der Waals surface area contributed by atoms with Crippen molar-refractivity contribution in [2.75, 3.05) is 5.32 Å². The van der Waals surface area contributed by atoms with Crippen LogP contribution in [0.5, 0.6) is 5.75 Å². The summed E-state index contributed by atoms with van der Waals surface area (Å²) < 4.78 is 44.2. The molecule has 0 spiro atoms. The number of hydrogen-bond acceptors (Lipinski definition) is 7. The molecule has 0 saturated carbocycles. The molecule has 0 saturated heterocycles. The van der Waals surface area contributed by atoms with Crippen LogP contribution in [-0.2, 0) is 11.0 Å². The highest BCUT2D eigenvalue weighted by atomic mass is 19.4. The molecule has 3 aromatic rings. The Bertz CT molecular complexity index is 1480. The topological polar surface area (TPSA) is 140 Å². The lowest BCUT2D eigenvalue weighted by molar-refractivity contribution is -0.384. The normalized spacial score (nSPS) is 11.7. The van der Waals surface area contributed by atoms with Gasteiger partial charge in [0.05, 0.1) is 22.3 Å². The molecule has 2 N–H and O–H groups in total. The molecule has 2 amide bonds. The smallest absolute Gasteiger partial charge is 0.416 e. The summed E-state index contributed by atoms with van der Waals surface area (Å²) in [6.07, 6.45) is -3.70. The van der Waals surface area contributed by atoms with E-state index in [0.29, 0.717) is 11.8 Å². The SMILES string of the molecule is CC(C)(C)C(=O)Nc1ccc(C(=O)N/N=C/c2cc([N+](=O)[O-])ccc2OC(=O)c2cccc(C(F)(F)F)c2)cc1. The van der Waals surface area contributed by atoms with Gasteiger partial charge in [0, 0.05) is 34.4 Å². The van der Waals surface area contributed by atoms with Crippen LogP contribution in [0.25, 0.3) is 0 Å². The Balaban J connectivity index is 1.76. The number of esters is 1. The number of alkyl halides is 3. The highest BCUT2D eigenvalue weighted by Gasteiger charge is 2.31. The molecule has 3 aromatic carbocycles. The van der Waals surface area contributed by atoms with E-state index < -0.39 is 39.5 Å². The van der Waals surface area contributed by atoms with Crippen LogP contribution in [0, 0.1) is 15.5 Å². The number of amides is 2. The Labute approximate surface area is 226 Å². The zero-order valence-corrected chi connectivity index (χ0v) is 21.4. The number of halogens is 3. The lowest BCUT2D eigenvalue weighted by Gasteiger charge is -2.17. The molecule has 0 bridgehead atoms. The fourth-order valence-corrected chi connectivity index (χ4v) is 3.07. The lowest BCUT2D eigenvalue weighted by Crippen LogP contribution is -2.27. The highest BCUT2D eigenvalue weighted by Crippen LogP contribution is 2.30. The fraction of sp³-hybridized carbons (Fsp3) is 0.185. The van der Waals surface area contributed by atoms with Gasteiger partial charge in [-0.25, -0.2) is 10.2 Å². The quantitative estimate of drug-likeness (QED) is 0.128. The number of ether oxygens (including phenoxy) is 1. The monoisotopic (exact) mass is 556 g/mol. The van der Waals surface area contributed by atoms with E-state index in [9.17, 15) is 37.7 Å². The number of non-ortho nitro benzene ring substituents is 1. The highest BCUT2D eigenvalue weighted by molar-refractivity contribution is 5.98. The molecule has 10 nitrogen and oxygen atoms in total. The first-order chi connectivity index (χ1) is 18.6. The summed E-state index contributed by atoms with van der Waals surface area (Å²) in [4.78, 5) is 47.6. The van der Waals surface area contributed by atoms with Crippen LogP contribution in [0.1, 0.15) is 52.6 Å². The van der Waals surface area contributed by atoms with Gasteiger partial charge in [0.15, 0.2) is 0 Å². The number of rotatable bonds is 7. The van der Waals surface area contributed by atoms with Gasteiger partial charge < -0.3 is 10.1 Å². The molecular weight excluding hydrogens is 533 g/mol.